The van der Waals surface area contributed by atoms with Crippen molar-refractivity contribution in [1.82, 2.24) is 10.2 Å². The molecule has 0 aromatic carbocycles. The maximum Gasteiger partial charge on any atom is 0.410 e. The Hall–Kier alpha value is -1.49. The second kappa shape index (κ2) is 6.52. The molecular formula is C16H26N2O3. The normalized spacial score (nSPS) is 20.6. The molecule has 1 saturated heterocycles. The van der Waals surface area contributed by atoms with Gasteiger partial charge in [0.2, 0.25) is 0 Å². The van der Waals surface area contributed by atoms with Gasteiger partial charge < -0.3 is 19.4 Å². The van der Waals surface area contributed by atoms with Crippen LogP contribution in [0.4, 0.5) is 4.79 Å². The van der Waals surface area contributed by atoms with Crippen LogP contribution in [0.1, 0.15) is 45.7 Å². The number of carbonyl (C=O) groups excluding carboxylic acids is 1. The van der Waals surface area contributed by atoms with E-state index in [0.717, 1.165) is 31.6 Å². The van der Waals surface area contributed by atoms with Crippen LogP contribution >= 0.6 is 0 Å². The smallest absolute Gasteiger partial charge is 0.410 e. The minimum absolute atomic E-state index is 0.215. The molecule has 21 heavy (non-hydrogen) atoms. The highest BCUT2D eigenvalue weighted by molar-refractivity contribution is 5.68. The highest BCUT2D eigenvalue weighted by Gasteiger charge is 2.34. The molecule has 5 nitrogen and oxygen atoms in total. The zero-order chi connectivity index (χ0) is 15.5. The van der Waals surface area contributed by atoms with Crippen molar-refractivity contribution in [3.05, 3.63) is 24.2 Å². The lowest BCUT2D eigenvalue weighted by molar-refractivity contribution is 0.0285. The number of ether oxygens (including phenoxy) is 1. The van der Waals surface area contributed by atoms with Gasteiger partial charge in [-0.15, -0.1) is 0 Å². The number of carbonyl (C=O) groups is 1. The van der Waals surface area contributed by atoms with E-state index in [9.17, 15) is 4.79 Å². The predicted molar refractivity (Wildman–Crippen MR) is 81.0 cm³/mol. The summed E-state index contributed by atoms with van der Waals surface area (Å²) >= 11 is 0. The number of rotatable bonds is 4. The standard InChI is InChI=1S/C16H26N2O3/c1-5-17-14(13-7-9-20-11-13)12-6-8-18(10-12)15(19)21-16(2,3)4/h7,9,11-12,14,17H,5-6,8,10H2,1-4H3. The molecule has 1 amide bonds. The summed E-state index contributed by atoms with van der Waals surface area (Å²) in [5, 5.41) is 3.50. The summed E-state index contributed by atoms with van der Waals surface area (Å²) < 4.78 is 10.6. The van der Waals surface area contributed by atoms with Crippen LogP contribution in [0.5, 0.6) is 0 Å². The molecule has 0 aliphatic carbocycles. The average Bonchev–Trinajstić information content (AvgIpc) is 3.05. The topological polar surface area (TPSA) is 54.7 Å². The highest BCUT2D eigenvalue weighted by atomic mass is 16.6. The Bertz CT molecular complexity index is 451. The maximum atomic E-state index is 12.1. The summed E-state index contributed by atoms with van der Waals surface area (Å²) in [6, 6.07) is 2.21. The van der Waals surface area contributed by atoms with E-state index >= 15 is 0 Å². The van der Waals surface area contributed by atoms with Crippen LogP contribution in [0.3, 0.4) is 0 Å². The molecule has 1 aliphatic heterocycles. The number of hydrogen-bond acceptors (Lipinski definition) is 4. The van der Waals surface area contributed by atoms with Crippen LogP contribution in [0.15, 0.2) is 23.0 Å². The van der Waals surface area contributed by atoms with E-state index in [1.165, 1.54) is 0 Å². The van der Waals surface area contributed by atoms with Crippen molar-refractivity contribution in [2.75, 3.05) is 19.6 Å². The van der Waals surface area contributed by atoms with E-state index in [2.05, 4.69) is 12.2 Å². The van der Waals surface area contributed by atoms with Crippen molar-refractivity contribution >= 4 is 6.09 Å². The van der Waals surface area contributed by atoms with E-state index < -0.39 is 5.60 Å². The van der Waals surface area contributed by atoms with E-state index in [-0.39, 0.29) is 12.1 Å². The molecule has 1 fully saturated rings. The number of hydrogen-bond donors (Lipinski definition) is 1. The second-order valence-electron chi connectivity index (χ2n) is 6.57. The molecule has 1 aromatic heterocycles. The maximum absolute atomic E-state index is 12.1. The average molecular weight is 294 g/mol. The quantitative estimate of drug-likeness (QED) is 0.926. The van der Waals surface area contributed by atoms with Crippen LogP contribution < -0.4 is 5.32 Å². The summed E-state index contributed by atoms with van der Waals surface area (Å²) in [6.45, 7) is 10.1. The van der Waals surface area contributed by atoms with Gasteiger partial charge in [0.1, 0.15) is 5.60 Å². The monoisotopic (exact) mass is 294 g/mol. The van der Waals surface area contributed by atoms with Crippen molar-refractivity contribution in [2.24, 2.45) is 5.92 Å². The number of likely N-dealkylation sites (tertiary alicyclic amines) is 1. The molecule has 2 heterocycles. The SMILES string of the molecule is CCNC(c1ccoc1)C1CCN(C(=O)OC(C)(C)C)C1. The summed E-state index contributed by atoms with van der Waals surface area (Å²) in [5.41, 5.74) is 0.703. The van der Waals surface area contributed by atoms with Crippen LogP contribution in [0, 0.1) is 5.92 Å². The Labute approximate surface area is 126 Å². The first-order valence-corrected chi connectivity index (χ1v) is 7.64. The van der Waals surface area contributed by atoms with Gasteiger partial charge in [0.15, 0.2) is 0 Å². The van der Waals surface area contributed by atoms with E-state index in [0.29, 0.717) is 5.92 Å². The first kappa shape index (κ1) is 15.9. The van der Waals surface area contributed by atoms with E-state index in [1.54, 1.807) is 17.4 Å². The van der Waals surface area contributed by atoms with Crippen molar-refractivity contribution in [2.45, 2.75) is 45.8 Å². The lowest BCUT2D eigenvalue weighted by atomic mass is 9.94. The Morgan fingerprint density at radius 1 is 1.57 bits per heavy atom. The summed E-state index contributed by atoms with van der Waals surface area (Å²) in [5.74, 6) is 0.384. The minimum atomic E-state index is -0.444. The lowest BCUT2D eigenvalue weighted by Crippen LogP contribution is -2.36. The minimum Gasteiger partial charge on any atom is -0.472 e. The van der Waals surface area contributed by atoms with Gasteiger partial charge in [0.25, 0.3) is 0 Å². The molecule has 0 bridgehead atoms. The Balaban J connectivity index is 1.98. The summed E-state index contributed by atoms with van der Waals surface area (Å²) in [4.78, 5) is 13.9. The number of furan rings is 1. The van der Waals surface area contributed by atoms with Gasteiger partial charge in [-0.3, -0.25) is 0 Å². The van der Waals surface area contributed by atoms with Crippen LogP contribution in [0.2, 0.25) is 0 Å². The van der Waals surface area contributed by atoms with Crippen molar-refractivity contribution in [1.29, 1.82) is 0 Å². The first-order chi connectivity index (χ1) is 9.90. The molecule has 1 aliphatic rings. The van der Waals surface area contributed by atoms with E-state index in [4.69, 9.17) is 9.15 Å². The van der Waals surface area contributed by atoms with Crippen molar-refractivity contribution in [3.63, 3.8) is 0 Å². The first-order valence-electron chi connectivity index (χ1n) is 7.64. The van der Waals surface area contributed by atoms with Crippen LogP contribution in [-0.4, -0.2) is 36.2 Å². The molecule has 1 aromatic rings. The van der Waals surface area contributed by atoms with Gasteiger partial charge in [-0.05, 0) is 45.7 Å². The molecule has 2 rings (SSSR count). The van der Waals surface area contributed by atoms with Gasteiger partial charge in [-0.25, -0.2) is 4.79 Å². The van der Waals surface area contributed by atoms with Gasteiger partial charge in [0.05, 0.1) is 12.5 Å². The van der Waals surface area contributed by atoms with Crippen molar-refractivity contribution in [3.8, 4) is 0 Å². The van der Waals surface area contributed by atoms with Gasteiger partial charge in [-0.2, -0.15) is 0 Å². The van der Waals surface area contributed by atoms with Gasteiger partial charge in [0, 0.05) is 24.7 Å². The second-order valence-corrected chi connectivity index (χ2v) is 6.57. The number of nitrogens with one attached hydrogen (secondary N) is 1. The number of nitrogens with zero attached hydrogens (tertiary/aromatic N) is 1. The molecule has 5 heteroatoms. The Morgan fingerprint density at radius 3 is 2.90 bits per heavy atom. The van der Waals surface area contributed by atoms with Crippen molar-refractivity contribution < 1.29 is 13.9 Å². The fraction of sp³-hybridized carbons (Fsp3) is 0.688. The summed E-state index contributed by atoms with van der Waals surface area (Å²) in [7, 11) is 0. The predicted octanol–water partition coefficient (Wildman–Crippen LogP) is 3.19. The van der Waals surface area contributed by atoms with Gasteiger partial charge >= 0.3 is 6.09 Å². The third-order valence-corrected chi connectivity index (χ3v) is 3.67. The molecule has 118 valence electrons. The molecule has 0 saturated carbocycles. The molecular weight excluding hydrogens is 268 g/mol. The zero-order valence-electron chi connectivity index (χ0n) is 13.4. The summed E-state index contributed by atoms with van der Waals surface area (Å²) in [6.07, 6.45) is 4.23. The zero-order valence-corrected chi connectivity index (χ0v) is 13.4. The Kier molecular flexibility index (Phi) is 4.93. The van der Waals surface area contributed by atoms with E-state index in [1.807, 2.05) is 26.8 Å². The van der Waals surface area contributed by atoms with Gasteiger partial charge in [-0.1, -0.05) is 6.92 Å². The fourth-order valence-corrected chi connectivity index (χ4v) is 2.78. The molecule has 2 unspecified atom stereocenters. The molecule has 1 N–H and O–H groups in total. The molecule has 0 radical (unpaired) electrons. The number of amides is 1. The third kappa shape index (κ3) is 4.24. The van der Waals surface area contributed by atoms with Crippen LogP contribution in [-0.2, 0) is 4.74 Å². The van der Waals surface area contributed by atoms with Crippen LogP contribution in [0.25, 0.3) is 0 Å². The third-order valence-electron chi connectivity index (χ3n) is 3.67. The largest absolute Gasteiger partial charge is 0.472 e. The molecule has 0 spiro atoms. The lowest BCUT2D eigenvalue weighted by Gasteiger charge is -2.26. The Morgan fingerprint density at radius 2 is 2.33 bits per heavy atom. The fourth-order valence-electron chi connectivity index (χ4n) is 2.78. The highest BCUT2D eigenvalue weighted by Crippen LogP contribution is 2.31. The molecule has 2 atom stereocenters.